The van der Waals surface area contributed by atoms with E-state index in [1.54, 1.807) is 7.11 Å². The van der Waals surface area contributed by atoms with E-state index < -0.39 is 61.4 Å². The van der Waals surface area contributed by atoms with Crippen LogP contribution in [0.3, 0.4) is 0 Å². The minimum atomic E-state index is -1.04. The molecule has 66 heavy (non-hydrogen) atoms. The van der Waals surface area contributed by atoms with Gasteiger partial charge in [-0.3, -0.25) is 0 Å². The first-order valence-electron chi connectivity index (χ1n) is 22.6. The van der Waals surface area contributed by atoms with Gasteiger partial charge in [0.2, 0.25) is 0 Å². The monoisotopic (exact) mass is 896 g/mol. The molecule has 6 aromatic rings. The van der Waals surface area contributed by atoms with Gasteiger partial charge in [-0.2, -0.15) is 0 Å². The first-order chi connectivity index (χ1) is 32.6. The van der Waals surface area contributed by atoms with Gasteiger partial charge in [0, 0.05) is 7.11 Å². The van der Waals surface area contributed by atoms with Crippen LogP contribution in [0.15, 0.2) is 182 Å². The molecular formula is C55H60O11. The number of ether oxygens (including phenoxy) is 10. The summed E-state index contributed by atoms with van der Waals surface area (Å²) in [6, 6.07) is 59.6. The van der Waals surface area contributed by atoms with Gasteiger partial charge >= 0.3 is 0 Å². The highest BCUT2D eigenvalue weighted by molar-refractivity contribution is 5.18. The van der Waals surface area contributed by atoms with Crippen molar-refractivity contribution in [2.24, 2.45) is 0 Å². The SMILES string of the molecule is CO[C@H]1O[C@H](COC2O[C@H](CO)[C@@H](OCc3ccccc3)[C@H](OCc3ccccc3)[C@H]2OCc2ccccc2)[C@@H](OCc2ccccc2)[C@H](OCc2ccccc2)[C@H]1OCc1ccccc1. The number of benzene rings is 6. The van der Waals surface area contributed by atoms with Crippen LogP contribution in [0.5, 0.6) is 0 Å². The van der Waals surface area contributed by atoms with E-state index in [0.29, 0.717) is 6.61 Å². The second kappa shape index (κ2) is 25.1. The summed E-state index contributed by atoms with van der Waals surface area (Å²) in [6.07, 6.45) is -7.87. The van der Waals surface area contributed by atoms with Crippen LogP contribution in [0, 0.1) is 0 Å². The molecule has 1 unspecified atom stereocenters. The predicted octanol–water partition coefficient (Wildman–Crippen LogP) is 8.60. The first-order valence-corrected chi connectivity index (χ1v) is 22.6. The Morgan fingerprint density at radius 2 is 0.606 bits per heavy atom. The van der Waals surface area contributed by atoms with Crippen LogP contribution in [0.2, 0.25) is 0 Å². The average molecular weight is 897 g/mol. The highest BCUT2D eigenvalue weighted by Crippen LogP contribution is 2.35. The summed E-state index contributed by atoms with van der Waals surface area (Å²) in [6.45, 7) is 1.21. The lowest BCUT2D eigenvalue weighted by molar-refractivity contribution is -0.350. The van der Waals surface area contributed by atoms with Gasteiger partial charge in [-0.15, -0.1) is 0 Å². The molecule has 6 aromatic carbocycles. The molecule has 0 aromatic heterocycles. The van der Waals surface area contributed by atoms with Crippen molar-refractivity contribution in [2.45, 2.75) is 101 Å². The van der Waals surface area contributed by atoms with Gasteiger partial charge in [0.05, 0.1) is 52.9 Å². The van der Waals surface area contributed by atoms with E-state index in [-0.39, 0.29) is 46.2 Å². The lowest BCUT2D eigenvalue weighted by atomic mass is 9.97. The third-order valence-electron chi connectivity index (χ3n) is 11.7. The van der Waals surface area contributed by atoms with Crippen LogP contribution < -0.4 is 0 Å². The van der Waals surface area contributed by atoms with E-state index in [1.807, 2.05) is 182 Å². The maximum absolute atomic E-state index is 11.0. The zero-order chi connectivity index (χ0) is 45.2. The molecule has 0 spiro atoms. The Labute approximate surface area is 388 Å². The lowest BCUT2D eigenvalue weighted by Crippen LogP contribution is -2.64. The summed E-state index contributed by atoms with van der Waals surface area (Å²) in [7, 11) is 1.59. The summed E-state index contributed by atoms with van der Waals surface area (Å²) < 4.78 is 67.0. The second-order valence-corrected chi connectivity index (χ2v) is 16.4. The number of hydrogen-bond acceptors (Lipinski definition) is 11. The maximum Gasteiger partial charge on any atom is 0.187 e. The van der Waals surface area contributed by atoms with Crippen LogP contribution in [-0.2, 0) is 87.0 Å². The molecule has 0 aliphatic carbocycles. The average Bonchev–Trinajstić information content (AvgIpc) is 3.38. The summed E-state index contributed by atoms with van der Waals surface area (Å²) >= 11 is 0. The quantitative estimate of drug-likeness (QED) is 0.0668. The topological polar surface area (TPSA) is 113 Å². The summed E-state index contributed by atoms with van der Waals surface area (Å²) in [5.74, 6) is 0. The van der Waals surface area contributed by atoms with Gasteiger partial charge in [0.25, 0.3) is 0 Å². The smallest absolute Gasteiger partial charge is 0.187 e. The minimum absolute atomic E-state index is 0.0368. The van der Waals surface area contributed by atoms with E-state index in [1.165, 1.54) is 0 Å². The Morgan fingerprint density at radius 3 is 0.924 bits per heavy atom. The van der Waals surface area contributed by atoms with Gasteiger partial charge in [-0.1, -0.05) is 182 Å². The molecule has 0 amide bonds. The highest BCUT2D eigenvalue weighted by Gasteiger charge is 2.52. The molecule has 2 heterocycles. The third kappa shape index (κ3) is 13.3. The largest absolute Gasteiger partial charge is 0.394 e. The first kappa shape index (κ1) is 47.4. The van der Waals surface area contributed by atoms with Crippen molar-refractivity contribution in [2.75, 3.05) is 20.3 Å². The highest BCUT2D eigenvalue weighted by atomic mass is 16.7. The lowest BCUT2D eigenvalue weighted by Gasteiger charge is -2.47. The number of aliphatic hydroxyl groups excluding tert-OH is 1. The van der Waals surface area contributed by atoms with Crippen LogP contribution in [0.25, 0.3) is 0 Å². The van der Waals surface area contributed by atoms with Gasteiger partial charge in [-0.25, -0.2) is 0 Å². The Bertz CT molecular complexity index is 2060. The second-order valence-electron chi connectivity index (χ2n) is 16.4. The molecule has 0 saturated carbocycles. The molecule has 11 nitrogen and oxygen atoms in total. The van der Waals surface area contributed by atoms with Crippen molar-refractivity contribution in [3.63, 3.8) is 0 Å². The minimum Gasteiger partial charge on any atom is -0.394 e. The normalized spacial score (nSPS) is 25.4. The summed E-state index contributed by atoms with van der Waals surface area (Å²) in [4.78, 5) is 0. The van der Waals surface area contributed by atoms with Crippen molar-refractivity contribution in [1.82, 2.24) is 0 Å². The van der Waals surface area contributed by atoms with E-state index in [2.05, 4.69) is 0 Å². The van der Waals surface area contributed by atoms with Gasteiger partial charge < -0.3 is 52.5 Å². The van der Waals surface area contributed by atoms with E-state index >= 15 is 0 Å². The van der Waals surface area contributed by atoms with Gasteiger partial charge in [0.1, 0.15) is 48.8 Å². The van der Waals surface area contributed by atoms with Crippen molar-refractivity contribution in [3.8, 4) is 0 Å². The molecule has 10 atom stereocenters. The number of hydrogen-bond donors (Lipinski definition) is 1. The Kier molecular flexibility index (Phi) is 18.0. The molecule has 8 rings (SSSR count). The number of rotatable bonds is 23. The van der Waals surface area contributed by atoms with Crippen molar-refractivity contribution < 1.29 is 52.5 Å². The molecule has 0 radical (unpaired) electrons. The van der Waals surface area contributed by atoms with Crippen molar-refractivity contribution >= 4 is 0 Å². The molecule has 346 valence electrons. The zero-order valence-electron chi connectivity index (χ0n) is 37.3. The molecule has 2 fully saturated rings. The van der Waals surface area contributed by atoms with Crippen molar-refractivity contribution in [1.29, 1.82) is 0 Å². The summed E-state index contributed by atoms with van der Waals surface area (Å²) in [5, 5.41) is 11.0. The standard InChI is InChI=1S/C55H60O11/c1-57-54-52(62-37-44-28-16-6-17-29-44)51(61-36-43-26-14-5-15-27-43)49(59-34-41-22-10-3-11-23-41)47(66-54)39-64-55-53(63-38-45-30-18-7-19-31-45)50(60-35-42-24-12-4-13-25-42)48(46(32-56)65-55)58-33-40-20-8-2-9-21-40/h2-31,46-56H,32-39H2,1H3/t46-,47-,48-,49-,50+,51+,52-,53-,54+,55?/m1/s1. The number of methoxy groups -OCH3 is 1. The Balaban J connectivity index is 1.10. The zero-order valence-corrected chi connectivity index (χ0v) is 37.3. The van der Waals surface area contributed by atoms with Gasteiger partial charge in [0.15, 0.2) is 12.6 Å². The molecule has 2 saturated heterocycles. The van der Waals surface area contributed by atoms with E-state index in [9.17, 15) is 5.11 Å². The third-order valence-corrected chi connectivity index (χ3v) is 11.7. The fourth-order valence-corrected chi connectivity index (χ4v) is 8.29. The maximum atomic E-state index is 11.0. The number of aliphatic hydroxyl groups is 1. The van der Waals surface area contributed by atoms with E-state index in [0.717, 1.165) is 33.4 Å². The van der Waals surface area contributed by atoms with Crippen LogP contribution in [0.1, 0.15) is 33.4 Å². The fourth-order valence-electron chi connectivity index (χ4n) is 8.29. The van der Waals surface area contributed by atoms with E-state index in [4.69, 9.17) is 47.4 Å². The molecule has 0 bridgehead atoms. The summed E-state index contributed by atoms with van der Waals surface area (Å²) in [5.41, 5.74) is 5.85. The van der Waals surface area contributed by atoms with Crippen LogP contribution in [0.4, 0.5) is 0 Å². The van der Waals surface area contributed by atoms with Crippen molar-refractivity contribution in [3.05, 3.63) is 215 Å². The van der Waals surface area contributed by atoms with Gasteiger partial charge in [-0.05, 0) is 33.4 Å². The molecule has 2 aliphatic rings. The predicted molar refractivity (Wildman–Crippen MR) is 247 cm³/mol. The fraction of sp³-hybridized carbons (Fsp3) is 0.345. The molecule has 1 N–H and O–H groups in total. The molecular weight excluding hydrogens is 837 g/mol. The Morgan fingerprint density at radius 1 is 0.333 bits per heavy atom. The molecule has 11 heteroatoms. The Hall–Kier alpha value is -5.12. The van der Waals surface area contributed by atoms with Crippen LogP contribution >= 0.6 is 0 Å². The molecule has 2 aliphatic heterocycles. The van der Waals surface area contributed by atoms with Crippen LogP contribution in [-0.4, -0.2) is 86.8 Å².